The zero-order chi connectivity index (χ0) is 24.0. The maximum absolute atomic E-state index is 13.2. The Labute approximate surface area is 199 Å². The van der Waals surface area contributed by atoms with Crippen LogP contribution in [0.5, 0.6) is 5.75 Å². The van der Waals surface area contributed by atoms with Crippen LogP contribution in [-0.2, 0) is 4.74 Å². The third-order valence-electron chi connectivity index (χ3n) is 5.59. The van der Waals surface area contributed by atoms with Crippen molar-refractivity contribution in [2.75, 3.05) is 44.5 Å². The maximum Gasteiger partial charge on any atom is 0.323 e. The first-order valence-electron chi connectivity index (χ1n) is 10.9. The summed E-state index contributed by atoms with van der Waals surface area (Å²) < 4.78 is 11.6. The number of hydrogen-bond acceptors (Lipinski definition) is 5. The fourth-order valence-electron chi connectivity index (χ4n) is 3.56. The first kappa shape index (κ1) is 24.8. The topological polar surface area (TPSA) is 91.9 Å². The zero-order valence-electron chi connectivity index (χ0n) is 19.4. The van der Waals surface area contributed by atoms with E-state index in [9.17, 15) is 9.59 Å². The molecule has 1 heterocycles. The molecule has 0 saturated carbocycles. The number of amides is 3. The number of halogens is 1. The van der Waals surface area contributed by atoms with Gasteiger partial charge in [-0.1, -0.05) is 18.5 Å². The molecule has 1 aliphatic rings. The minimum Gasteiger partial charge on any atom is -0.491 e. The molecular formula is C24H31ClN4O4. The van der Waals surface area contributed by atoms with E-state index in [-0.39, 0.29) is 24.0 Å². The summed E-state index contributed by atoms with van der Waals surface area (Å²) in [5.41, 5.74) is 1.54. The van der Waals surface area contributed by atoms with E-state index in [0.29, 0.717) is 40.9 Å². The Morgan fingerprint density at radius 2 is 1.82 bits per heavy atom. The Balaban J connectivity index is 1.80. The number of hydrogen-bond donors (Lipinski definition) is 3. The third kappa shape index (κ3) is 6.83. The van der Waals surface area contributed by atoms with Gasteiger partial charge in [-0.15, -0.1) is 0 Å². The number of carbonyl (C=O) groups is 2. The number of carbonyl (C=O) groups excluding carboxylic acids is 2. The molecule has 3 amide bonds. The van der Waals surface area contributed by atoms with Gasteiger partial charge in [0, 0.05) is 55.8 Å². The first-order chi connectivity index (χ1) is 15.8. The lowest BCUT2D eigenvalue weighted by Gasteiger charge is -2.30. The Kier molecular flexibility index (Phi) is 8.55. The first-order valence-corrected chi connectivity index (χ1v) is 11.3. The molecule has 0 spiro atoms. The van der Waals surface area contributed by atoms with Crippen LogP contribution in [0.15, 0.2) is 42.5 Å². The van der Waals surface area contributed by atoms with Gasteiger partial charge < -0.3 is 30.3 Å². The van der Waals surface area contributed by atoms with E-state index in [1.807, 2.05) is 6.92 Å². The van der Waals surface area contributed by atoms with Gasteiger partial charge in [0.15, 0.2) is 0 Å². The minimum absolute atomic E-state index is 0.0647. The Bertz CT molecular complexity index is 969. The molecule has 9 heteroatoms. The number of ether oxygens (including phenoxy) is 2. The van der Waals surface area contributed by atoms with Crippen LogP contribution < -0.4 is 20.7 Å². The molecule has 1 aliphatic heterocycles. The van der Waals surface area contributed by atoms with Crippen LogP contribution in [0.25, 0.3) is 0 Å². The van der Waals surface area contributed by atoms with Crippen molar-refractivity contribution in [1.82, 2.24) is 10.2 Å². The molecule has 33 heavy (non-hydrogen) atoms. The summed E-state index contributed by atoms with van der Waals surface area (Å²) in [5, 5.41) is 9.56. The van der Waals surface area contributed by atoms with E-state index < -0.39 is 6.03 Å². The van der Waals surface area contributed by atoms with Crippen molar-refractivity contribution in [2.24, 2.45) is 5.92 Å². The molecule has 2 aromatic rings. The standard InChI is InChI=1S/C24H31ClN4O4/c1-15-12-26-16(2)14-33-21-11-19(28-24(31)27-18-7-5-17(25)6-8-18)9-10-20(21)23(30)29(3)13-22(15)32-4/h5-11,15-16,22,26H,12-14H2,1-4H3,(H2,27,28,31)/t15-,16-,22+/m0/s1. The summed E-state index contributed by atoms with van der Waals surface area (Å²) in [6, 6.07) is 11.5. The normalized spacial score (nSPS) is 21.8. The van der Waals surface area contributed by atoms with Crippen molar-refractivity contribution >= 4 is 34.9 Å². The average molecular weight is 475 g/mol. The van der Waals surface area contributed by atoms with Crippen LogP contribution in [0, 0.1) is 5.92 Å². The highest BCUT2D eigenvalue weighted by Gasteiger charge is 2.25. The van der Waals surface area contributed by atoms with E-state index in [0.717, 1.165) is 6.54 Å². The number of rotatable bonds is 3. The van der Waals surface area contributed by atoms with E-state index in [1.54, 1.807) is 61.5 Å². The Morgan fingerprint density at radius 1 is 1.15 bits per heavy atom. The largest absolute Gasteiger partial charge is 0.491 e. The van der Waals surface area contributed by atoms with Gasteiger partial charge in [-0.2, -0.15) is 0 Å². The molecule has 0 fully saturated rings. The van der Waals surface area contributed by atoms with Gasteiger partial charge in [-0.05, 0) is 49.2 Å². The number of nitrogens with one attached hydrogen (secondary N) is 3. The molecule has 0 bridgehead atoms. The van der Waals surface area contributed by atoms with Gasteiger partial charge in [-0.3, -0.25) is 4.79 Å². The SMILES string of the molecule is CO[C@@H]1CN(C)C(=O)c2ccc(NC(=O)Nc3ccc(Cl)cc3)cc2OC[C@H](C)NC[C@@H]1C. The highest BCUT2D eigenvalue weighted by molar-refractivity contribution is 6.30. The second kappa shape index (κ2) is 11.4. The lowest BCUT2D eigenvalue weighted by atomic mass is 10.0. The predicted molar refractivity (Wildman–Crippen MR) is 130 cm³/mol. The fourth-order valence-corrected chi connectivity index (χ4v) is 3.69. The van der Waals surface area contributed by atoms with E-state index in [4.69, 9.17) is 21.1 Å². The van der Waals surface area contributed by atoms with Crippen LogP contribution in [0.1, 0.15) is 24.2 Å². The molecule has 2 aromatic carbocycles. The summed E-state index contributed by atoms with van der Waals surface area (Å²) >= 11 is 5.88. The molecule has 0 unspecified atom stereocenters. The van der Waals surface area contributed by atoms with E-state index >= 15 is 0 Å². The number of likely N-dealkylation sites (N-methyl/N-ethyl adjacent to an activating group) is 1. The van der Waals surface area contributed by atoms with Crippen molar-refractivity contribution < 1.29 is 19.1 Å². The molecular weight excluding hydrogens is 444 g/mol. The van der Waals surface area contributed by atoms with Crippen molar-refractivity contribution in [1.29, 1.82) is 0 Å². The molecule has 3 atom stereocenters. The van der Waals surface area contributed by atoms with Gasteiger partial charge in [0.2, 0.25) is 0 Å². The van der Waals surface area contributed by atoms with Crippen LogP contribution in [0.3, 0.4) is 0 Å². The number of methoxy groups -OCH3 is 1. The van der Waals surface area contributed by atoms with Gasteiger partial charge >= 0.3 is 6.03 Å². The molecule has 0 aromatic heterocycles. The smallest absolute Gasteiger partial charge is 0.323 e. The highest BCUT2D eigenvalue weighted by atomic mass is 35.5. The summed E-state index contributed by atoms with van der Waals surface area (Å²) in [7, 11) is 3.41. The fraction of sp³-hybridized carbons (Fsp3) is 0.417. The van der Waals surface area contributed by atoms with Crippen LogP contribution in [0.2, 0.25) is 5.02 Å². The van der Waals surface area contributed by atoms with E-state index in [2.05, 4.69) is 22.9 Å². The summed E-state index contributed by atoms with van der Waals surface area (Å²) in [6.07, 6.45) is -0.0973. The maximum atomic E-state index is 13.2. The van der Waals surface area contributed by atoms with Crippen LogP contribution in [0.4, 0.5) is 16.2 Å². The quantitative estimate of drug-likeness (QED) is 0.623. The minimum atomic E-state index is -0.416. The lowest BCUT2D eigenvalue weighted by molar-refractivity contribution is 0.0281. The van der Waals surface area contributed by atoms with Gasteiger partial charge in [0.05, 0.1) is 11.7 Å². The van der Waals surface area contributed by atoms with Gasteiger partial charge in [0.1, 0.15) is 12.4 Å². The molecule has 0 aliphatic carbocycles. The van der Waals surface area contributed by atoms with Crippen LogP contribution in [-0.4, -0.2) is 62.8 Å². The van der Waals surface area contributed by atoms with Crippen molar-refractivity contribution in [3.8, 4) is 5.75 Å². The second-order valence-corrected chi connectivity index (χ2v) is 8.79. The predicted octanol–water partition coefficient (Wildman–Crippen LogP) is 4.08. The van der Waals surface area contributed by atoms with Crippen molar-refractivity contribution in [3.63, 3.8) is 0 Å². The van der Waals surface area contributed by atoms with Gasteiger partial charge in [0.25, 0.3) is 5.91 Å². The Morgan fingerprint density at radius 3 is 2.52 bits per heavy atom. The number of urea groups is 1. The van der Waals surface area contributed by atoms with Crippen molar-refractivity contribution in [2.45, 2.75) is 26.0 Å². The summed E-state index contributed by atoms with van der Waals surface area (Å²) in [4.78, 5) is 27.2. The molecule has 0 saturated heterocycles. The van der Waals surface area contributed by atoms with Gasteiger partial charge in [-0.25, -0.2) is 4.79 Å². The zero-order valence-corrected chi connectivity index (χ0v) is 20.1. The second-order valence-electron chi connectivity index (χ2n) is 8.35. The molecule has 178 valence electrons. The van der Waals surface area contributed by atoms with Crippen molar-refractivity contribution in [3.05, 3.63) is 53.1 Å². The summed E-state index contributed by atoms with van der Waals surface area (Å²) in [5.74, 6) is 0.460. The molecule has 8 nitrogen and oxygen atoms in total. The third-order valence-corrected chi connectivity index (χ3v) is 5.84. The average Bonchev–Trinajstić information content (AvgIpc) is 2.80. The molecule has 3 N–H and O–H groups in total. The molecule has 3 rings (SSSR count). The highest BCUT2D eigenvalue weighted by Crippen LogP contribution is 2.26. The number of fused-ring (bicyclic) bond motifs is 1. The van der Waals surface area contributed by atoms with Crippen LogP contribution >= 0.6 is 11.6 Å². The number of anilines is 2. The number of nitrogens with zero attached hydrogens (tertiary/aromatic N) is 1. The summed E-state index contributed by atoms with van der Waals surface area (Å²) in [6.45, 7) is 5.68. The monoisotopic (exact) mass is 474 g/mol. The van der Waals surface area contributed by atoms with E-state index in [1.165, 1.54) is 0 Å². The number of benzene rings is 2. The molecule has 0 radical (unpaired) electrons. The lowest BCUT2D eigenvalue weighted by Crippen LogP contribution is -2.44. The Hall–Kier alpha value is -2.81.